The third kappa shape index (κ3) is 5.11. The molecule has 0 aromatic heterocycles. The lowest BCUT2D eigenvalue weighted by molar-refractivity contribution is -0.141. The molecule has 2 unspecified atom stereocenters. The number of rotatable bonds is 5. The van der Waals surface area contributed by atoms with Crippen LogP contribution in [0.4, 0.5) is 10.5 Å². The first-order valence-electron chi connectivity index (χ1n) is 9.26. The first kappa shape index (κ1) is 20.5. The van der Waals surface area contributed by atoms with Crippen molar-refractivity contribution in [1.29, 1.82) is 0 Å². The molecule has 3 amide bonds. The summed E-state index contributed by atoms with van der Waals surface area (Å²) in [4.78, 5) is 26.9. The van der Waals surface area contributed by atoms with Crippen molar-refractivity contribution in [2.45, 2.75) is 32.2 Å². The van der Waals surface area contributed by atoms with E-state index in [4.69, 9.17) is 0 Å². The van der Waals surface area contributed by atoms with Crippen LogP contribution in [-0.4, -0.2) is 49.1 Å². The summed E-state index contributed by atoms with van der Waals surface area (Å²) in [5.41, 5.74) is 0.766. The third-order valence-electron chi connectivity index (χ3n) is 5.35. The first-order chi connectivity index (χ1) is 12.1. The third-order valence-corrected chi connectivity index (χ3v) is 5.35. The topological polar surface area (TPSA) is 73.5 Å². The van der Waals surface area contributed by atoms with E-state index in [9.17, 15) is 9.59 Å². The van der Waals surface area contributed by atoms with Crippen LogP contribution in [0, 0.1) is 11.8 Å². The molecular formula is C19H29ClN4O2. The van der Waals surface area contributed by atoms with Gasteiger partial charge in [0.25, 0.3) is 0 Å². The van der Waals surface area contributed by atoms with Crippen LogP contribution in [0.15, 0.2) is 30.3 Å². The van der Waals surface area contributed by atoms with Gasteiger partial charge in [0.1, 0.15) is 0 Å². The Morgan fingerprint density at radius 1 is 1.23 bits per heavy atom. The van der Waals surface area contributed by atoms with E-state index in [1.54, 1.807) is 0 Å². The number of urea groups is 1. The molecule has 2 aliphatic heterocycles. The smallest absolute Gasteiger partial charge is 0.319 e. The fraction of sp³-hybridized carbons (Fsp3) is 0.579. The van der Waals surface area contributed by atoms with E-state index in [0.29, 0.717) is 12.5 Å². The quantitative estimate of drug-likeness (QED) is 0.734. The predicted octanol–water partition coefficient (Wildman–Crippen LogP) is 2.47. The number of para-hydroxylation sites is 1. The van der Waals surface area contributed by atoms with Crippen LogP contribution in [0.5, 0.6) is 0 Å². The average molecular weight is 381 g/mol. The molecule has 1 aromatic carbocycles. The number of carbonyl (C=O) groups excluding carboxylic acids is 2. The van der Waals surface area contributed by atoms with Crippen LogP contribution in [0.25, 0.3) is 0 Å². The van der Waals surface area contributed by atoms with Gasteiger partial charge in [0.15, 0.2) is 0 Å². The fourth-order valence-corrected chi connectivity index (χ4v) is 3.54. The predicted molar refractivity (Wildman–Crippen MR) is 106 cm³/mol. The molecule has 2 fully saturated rings. The molecule has 1 aromatic rings. The van der Waals surface area contributed by atoms with Gasteiger partial charge in [0.2, 0.25) is 5.91 Å². The van der Waals surface area contributed by atoms with Crippen molar-refractivity contribution in [2.75, 3.05) is 31.5 Å². The van der Waals surface area contributed by atoms with E-state index in [1.165, 1.54) is 0 Å². The number of hydrogen-bond acceptors (Lipinski definition) is 3. The first-order valence-corrected chi connectivity index (χ1v) is 9.26. The fourth-order valence-electron chi connectivity index (χ4n) is 3.54. The van der Waals surface area contributed by atoms with Gasteiger partial charge in [-0.3, -0.25) is 4.79 Å². The summed E-state index contributed by atoms with van der Waals surface area (Å²) < 4.78 is 0. The summed E-state index contributed by atoms with van der Waals surface area (Å²) in [6.07, 6.45) is 3.11. The summed E-state index contributed by atoms with van der Waals surface area (Å²) in [7, 11) is 0. The highest BCUT2D eigenvalue weighted by atomic mass is 35.5. The minimum atomic E-state index is -0.222. The van der Waals surface area contributed by atoms with Gasteiger partial charge >= 0.3 is 6.03 Å². The van der Waals surface area contributed by atoms with E-state index in [0.717, 1.165) is 44.6 Å². The minimum Gasteiger partial charge on any atom is -0.338 e. The minimum absolute atomic E-state index is 0. The normalized spacial score (nSPS) is 21.1. The van der Waals surface area contributed by atoms with Gasteiger partial charge in [-0.2, -0.15) is 0 Å². The molecule has 3 rings (SSSR count). The molecular weight excluding hydrogens is 352 g/mol. The summed E-state index contributed by atoms with van der Waals surface area (Å²) in [5, 5.41) is 8.99. The van der Waals surface area contributed by atoms with Gasteiger partial charge in [0.05, 0.1) is 0 Å². The van der Waals surface area contributed by atoms with Crippen molar-refractivity contribution >= 4 is 30.0 Å². The Balaban J connectivity index is 0.00000243. The molecule has 2 heterocycles. The number of nitrogens with one attached hydrogen (secondary N) is 3. The summed E-state index contributed by atoms with van der Waals surface area (Å²) in [6.45, 7) is 5.21. The molecule has 2 saturated heterocycles. The Hall–Kier alpha value is -1.79. The Morgan fingerprint density at radius 2 is 1.96 bits per heavy atom. The van der Waals surface area contributed by atoms with E-state index >= 15 is 0 Å². The molecule has 0 saturated carbocycles. The summed E-state index contributed by atoms with van der Waals surface area (Å²) >= 11 is 0. The zero-order valence-electron chi connectivity index (χ0n) is 15.2. The number of anilines is 1. The SMILES string of the molecule is CC(C(=O)N1CCCCC1CNC(=O)Nc1ccccc1)C1CNC1.Cl. The number of piperidine rings is 1. The maximum Gasteiger partial charge on any atom is 0.319 e. The number of amides is 3. The van der Waals surface area contributed by atoms with Crippen LogP contribution in [0.2, 0.25) is 0 Å². The number of halogens is 1. The second-order valence-electron chi connectivity index (χ2n) is 7.09. The molecule has 6 nitrogen and oxygen atoms in total. The summed E-state index contributed by atoms with van der Waals surface area (Å²) in [5.74, 6) is 0.742. The van der Waals surface area contributed by atoms with Crippen LogP contribution in [0.1, 0.15) is 26.2 Å². The van der Waals surface area contributed by atoms with Gasteiger partial charge in [0, 0.05) is 30.7 Å². The van der Waals surface area contributed by atoms with Crippen molar-refractivity contribution < 1.29 is 9.59 Å². The highest BCUT2D eigenvalue weighted by molar-refractivity contribution is 5.89. The largest absolute Gasteiger partial charge is 0.338 e. The Morgan fingerprint density at radius 3 is 2.62 bits per heavy atom. The summed E-state index contributed by atoms with van der Waals surface area (Å²) in [6, 6.07) is 9.25. The average Bonchev–Trinajstić information content (AvgIpc) is 2.59. The number of carbonyl (C=O) groups is 2. The van der Waals surface area contributed by atoms with Gasteiger partial charge in [-0.05, 0) is 50.4 Å². The second kappa shape index (κ2) is 9.78. The number of hydrogen-bond donors (Lipinski definition) is 3. The molecule has 0 radical (unpaired) electrons. The second-order valence-corrected chi connectivity index (χ2v) is 7.09. The lowest BCUT2D eigenvalue weighted by atomic mass is 9.86. The van der Waals surface area contributed by atoms with Crippen LogP contribution >= 0.6 is 12.4 Å². The molecule has 2 aliphatic rings. The van der Waals surface area contributed by atoms with E-state index < -0.39 is 0 Å². The van der Waals surface area contributed by atoms with Crippen LogP contribution in [-0.2, 0) is 4.79 Å². The van der Waals surface area contributed by atoms with Gasteiger partial charge in [-0.25, -0.2) is 4.79 Å². The zero-order chi connectivity index (χ0) is 17.6. The molecule has 144 valence electrons. The monoisotopic (exact) mass is 380 g/mol. The van der Waals surface area contributed by atoms with Gasteiger partial charge < -0.3 is 20.9 Å². The number of likely N-dealkylation sites (tertiary alicyclic amines) is 1. The van der Waals surface area contributed by atoms with Crippen molar-refractivity contribution in [3.05, 3.63) is 30.3 Å². The zero-order valence-corrected chi connectivity index (χ0v) is 16.1. The Labute approximate surface area is 161 Å². The lowest BCUT2D eigenvalue weighted by Gasteiger charge is -2.40. The molecule has 2 atom stereocenters. The molecule has 3 N–H and O–H groups in total. The van der Waals surface area contributed by atoms with Gasteiger partial charge in [-0.1, -0.05) is 25.1 Å². The molecule has 7 heteroatoms. The highest BCUT2D eigenvalue weighted by Crippen LogP contribution is 2.24. The maximum atomic E-state index is 12.8. The van der Waals surface area contributed by atoms with Crippen molar-refractivity contribution in [3.63, 3.8) is 0 Å². The van der Waals surface area contributed by atoms with Crippen molar-refractivity contribution in [1.82, 2.24) is 15.5 Å². The number of nitrogens with zero attached hydrogens (tertiary/aromatic N) is 1. The van der Waals surface area contributed by atoms with E-state index in [-0.39, 0.29) is 36.3 Å². The highest BCUT2D eigenvalue weighted by Gasteiger charge is 2.35. The standard InChI is InChI=1S/C19H28N4O2.ClH/c1-14(15-11-20-12-15)18(24)23-10-6-5-9-17(23)13-21-19(25)22-16-7-3-2-4-8-16;/h2-4,7-8,14-15,17,20H,5-6,9-13H2,1H3,(H2,21,22,25);1H. The van der Waals surface area contributed by atoms with E-state index in [2.05, 4.69) is 16.0 Å². The van der Waals surface area contributed by atoms with Crippen LogP contribution in [0.3, 0.4) is 0 Å². The molecule has 0 spiro atoms. The molecule has 0 aliphatic carbocycles. The van der Waals surface area contributed by atoms with Crippen molar-refractivity contribution in [2.24, 2.45) is 11.8 Å². The number of benzene rings is 1. The molecule has 0 bridgehead atoms. The lowest BCUT2D eigenvalue weighted by Crippen LogP contribution is -2.55. The molecule has 26 heavy (non-hydrogen) atoms. The van der Waals surface area contributed by atoms with Crippen LogP contribution < -0.4 is 16.0 Å². The van der Waals surface area contributed by atoms with Crippen molar-refractivity contribution in [3.8, 4) is 0 Å². The Kier molecular flexibility index (Phi) is 7.72. The van der Waals surface area contributed by atoms with Gasteiger partial charge in [-0.15, -0.1) is 12.4 Å². The Bertz CT molecular complexity index is 594. The van der Waals surface area contributed by atoms with E-state index in [1.807, 2.05) is 42.2 Å². The maximum absolute atomic E-state index is 12.8.